The summed E-state index contributed by atoms with van der Waals surface area (Å²) in [4.78, 5) is 12.0. The Morgan fingerprint density at radius 3 is 3.14 bits per heavy atom. The van der Waals surface area contributed by atoms with Crippen molar-refractivity contribution < 1.29 is 9.53 Å². The number of carbonyl (C=O) groups excluding carboxylic acids is 1. The Morgan fingerprint density at radius 1 is 1.52 bits per heavy atom. The number of hydrogen-bond acceptors (Lipinski definition) is 6. The Balaban J connectivity index is 1.77. The van der Waals surface area contributed by atoms with E-state index in [0.29, 0.717) is 5.25 Å². The molecule has 2 heterocycles. The molecule has 0 aliphatic heterocycles. The van der Waals surface area contributed by atoms with Crippen molar-refractivity contribution in [3.05, 3.63) is 24.4 Å². The second-order valence-electron chi connectivity index (χ2n) is 5.22. The van der Waals surface area contributed by atoms with E-state index in [0.717, 1.165) is 30.1 Å². The second-order valence-corrected chi connectivity index (χ2v) is 6.49. The zero-order valence-corrected chi connectivity index (χ0v) is 12.9. The van der Waals surface area contributed by atoms with Crippen molar-refractivity contribution in [1.82, 2.24) is 19.9 Å². The first-order chi connectivity index (χ1) is 10.2. The molecule has 3 rings (SSSR count). The maximum Gasteiger partial charge on any atom is 0.326 e. The fourth-order valence-corrected chi connectivity index (χ4v) is 4.12. The number of carbonyl (C=O) groups is 1. The van der Waals surface area contributed by atoms with Crippen molar-refractivity contribution in [2.24, 2.45) is 0 Å². The third kappa shape index (κ3) is 2.51. The standard InChI is InChI=1S/C14H18N4O2S/c1-15-14(12(19)20-2)7-6-10(9-14)21-13-17-16-11-5-3-4-8-18(11)13/h3-5,8,10,15H,6-7,9H2,1-2H3. The van der Waals surface area contributed by atoms with Gasteiger partial charge >= 0.3 is 5.97 Å². The maximum absolute atomic E-state index is 12.0. The van der Waals surface area contributed by atoms with Crippen LogP contribution >= 0.6 is 11.8 Å². The van der Waals surface area contributed by atoms with E-state index in [9.17, 15) is 4.79 Å². The van der Waals surface area contributed by atoms with Crippen LogP contribution in [0.4, 0.5) is 0 Å². The van der Waals surface area contributed by atoms with Crippen LogP contribution in [0.5, 0.6) is 0 Å². The Bertz CT molecular complexity index is 659. The van der Waals surface area contributed by atoms with E-state index in [1.54, 1.807) is 11.8 Å². The molecule has 0 amide bonds. The molecule has 1 N–H and O–H groups in total. The summed E-state index contributed by atoms with van der Waals surface area (Å²) in [7, 11) is 3.25. The van der Waals surface area contributed by atoms with Gasteiger partial charge in [0, 0.05) is 11.4 Å². The minimum absolute atomic E-state index is 0.181. The van der Waals surface area contributed by atoms with E-state index in [1.807, 2.05) is 35.8 Å². The monoisotopic (exact) mass is 306 g/mol. The summed E-state index contributed by atoms with van der Waals surface area (Å²) in [6.07, 6.45) is 4.42. The molecule has 7 heteroatoms. The fourth-order valence-electron chi connectivity index (χ4n) is 2.86. The molecule has 1 aliphatic rings. The van der Waals surface area contributed by atoms with Crippen molar-refractivity contribution in [2.45, 2.75) is 35.2 Å². The number of esters is 1. The predicted molar refractivity (Wildman–Crippen MR) is 80.3 cm³/mol. The van der Waals surface area contributed by atoms with Gasteiger partial charge in [-0.05, 0) is 38.4 Å². The number of likely N-dealkylation sites (N-methyl/N-ethyl adjacent to an activating group) is 1. The number of rotatable bonds is 4. The minimum atomic E-state index is -0.563. The molecule has 6 nitrogen and oxygen atoms in total. The second kappa shape index (κ2) is 5.65. The zero-order chi connectivity index (χ0) is 14.9. The van der Waals surface area contributed by atoms with E-state index in [-0.39, 0.29) is 5.97 Å². The highest BCUT2D eigenvalue weighted by atomic mass is 32.2. The summed E-state index contributed by atoms with van der Waals surface area (Å²) in [6.45, 7) is 0. The predicted octanol–water partition coefficient (Wildman–Crippen LogP) is 1.51. The van der Waals surface area contributed by atoms with Crippen molar-refractivity contribution in [3.63, 3.8) is 0 Å². The third-order valence-electron chi connectivity index (χ3n) is 4.08. The molecule has 2 atom stereocenters. The number of hydrogen-bond donors (Lipinski definition) is 1. The average Bonchev–Trinajstić information content (AvgIpc) is 3.12. The van der Waals surface area contributed by atoms with Crippen LogP contribution in [-0.4, -0.2) is 45.5 Å². The Labute approximate surface area is 127 Å². The molecule has 1 aliphatic carbocycles. The molecule has 2 unspecified atom stereocenters. The van der Waals surface area contributed by atoms with E-state index in [4.69, 9.17) is 4.74 Å². The number of thioether (sulfide) groups is 1. The Hall–Kier alpha value is -1.60. The number of methoxy groups -OCH3 is 1. The van der Waals surface area contributed by atoms with Crippen LogP contribution in [0.15, 0.2) is 29.6 Å². The molecular weight excluding hydrogens is 288 g/mol. The number of nitrogens with one attached hydrogen (secondary N) is 1. The summed E-state index contributed by atoms with van der Waals surface area (Å²) in [5.74, 6) is -0.181. The van der Waals surface area contributed by atoms with Crippen LogP contribution in [0.2, 0.25) is 0 Å². The molecule has 2 aromatic heterocycles. The molecule has 0 bridgehead atoms. The number of fused-ring (bicyclic) bond motifs is 1. The van der Waals surface area contributed by atoms with Crippen LogP contribution in [0.1, 0.15) is 19.3 Å². The van der Waals surface area contributed by atoms with Crippen molar-refractivity contribution in [1.29, 1.82) is 0 Å². The summed E-state index contributed by atoms with van der Waals surface area (Å²) >= 11 is 1.67. The van der Waals surface area contributed by atoms with Gasteiger partial charge in [-0.3, -0.25) is 9.20 Å². The van der Waals surface area contributed by atoms with Crippen LogP contribution < -0.4 is 5.32 Å². The summed E-state index contributed by atoms with van der Waals surface area (Å²) < 4.78 is 6.91. The largest absolute Gasteiger partial charge is 0.468 e. The fraction of sp³-hybridized carbons (Fsp3) is 0.500. The molecule has 0 aromatic carbocycles. The lowest BCUT2D eigenvalue weighted by atomic mass is 9.98. The van der Waals surface area contributed by atoms with Gasteiger partial charge in [-0.1, -0.05) is 17.8 Å². The number of pyridine rings is 1. The van der Waals surface area contributed by atoms with Crippen molar-refractivity contribution >= 4 is 23.4 Å². The van der Waals surface area contributed by atoms with Crippen molar-refractivity contribution in [3.8, 4) is 0 Å². The van der Waals surface area contributed by atoms with E-state index < -0.39 is 5.54 Å². The molecule has 0 spiro atoms. The number of nitrogens with zero attached hydrogens (tertiary/aromatic N) is 3. The van der Waals surface area contributed by atoms with Crippen LogP contribution in [0, 0.1) is 0 Å². The van der Waals surface area contributed by atoms with Gasteiger partial charge in [-0.25, -0.2) is 0 Å². The minimum Gasteiger partial charge on any atom is -0.468 e. The Morgan fingerprint density at radius 2 is 2.38 bits per heavy atom. The van der Waals surface area contributed by atoms with Crippen molar-refractivity contribution in [2.75, 3.05) is 14.2 Å². The quantitative estimate of drug-likeness (QED) is 0.864. The highest BCUT2D eigenvalue weighted by Gasteiger charge is 2.45. The van der Waals surface area contributed by atoms with E-state index in [2.05, 4.69) is 15.5 Å². The number of ether oxygens (including phenoxy) is 1. The molecule has 21 heavy (non-hydrogen) atoms. The van der Waals surface area contributed by atoms with Gasteiger partial charge in [0.05, 0.1) is 7.11 Å². The van der Waals surface area contributed by atoms with E-state index in [1.165, 1.54) is 7.11 Å². The maximum atomic E-state index is 12.0. The van der Waals surface area contributed by atoms with Gasteiger partial charge in [0.2, 0.25) is 0 Å². The first-order valence-corrected chi connectivity index (χ1v) is 7.80. The molecule has 1 fully saturated rings. The van der Waals surface area contributed by atoms with Crippen LogP contribution in [-0.2, 0) is 9.53 Å². The lowest BCUT2D eigenvalue weighted by molar-refractivity contribution is -0.148. The van der Waals surface area contributed by atoms with Gasteiger partial charge in [-0.2, -0.15) is 0 Å². The lowest BCUT2D eigenvalue weighted by Gasteiger charge is -2.25. The molecule has 0 saturated heterocycles. The van der Waals surface area contributed by atoms with Gasteiger partial charge in [-0.15, -0.1) is 10.2 Å². The molecule has 2 aromatic rings. The molecule has 112 valence electrons. The van der Waals surface area contributed by atoms with Crippen LogP contribution in [0.3, 0.4) is 0 Å². The van der Waals surface area contributed by atoms with Gasteiger partial charge < -0.3 is 10.1 Å². The summed E-state index contributed by atoms with van der Waals surface area (Å²) in [5.41, 5.74) is 0.276. The smallest absolute Gasteiger partial charge is 0.326 e. The third-order valence-corrected chi connectivity index (χ3v) is 5.30. The first-order valence-electron chi connectivity index (χ1n) is 6.92. The molecule has 1 saturated carbocycles. The first kappa shape index (κ1) is 14.3. The topological polar surface area (TPSA) is 68.5 Å². The molecule has 0 radical (unpaired) electrons. The van der Waals surface area contributed by atoms with Crippen LogP contribution in [0.25, 0.3) is 5.65 Å². The average molecular weight is 306 g/mol. The van der Waals surface area contributed by atoms with Gasteiger partial charge in [0.15, 0.2) is 10.8 Å². The summed E-state index contributed by atoms with van der Waals surface area (Å²) in [5, 5.41) is 12.7. The highest BCUT2D eigenvalue weighted by molar-refractivity contribution is 7.99. The molecular formula is C14H18N4O2S. The highest BCUT2D eigenvalue weighted by Crippen LogP contribution is 2.40. The summed E-state index contributed by atoms with van der Waals surface area (Å²) in [6, 6.07) is 5.83. The van der Waals surface area contributed by atoms with Gasteiger partial charge in [0.25, 0.3) is 0 Å². The van der Waals surface area contributed by atoms with Gasteiger partial charge in [0.1, 0.15) is 5.54 Å². The lowest BCUT2D eigenvalue weighted by Crippen LogP contribution is -2.49. The SMILES string of the molecule is CNC1(C(=O)OC)CCC(Sc2nnc3ccccn23)C1. The normalized spacial score (nSPS) is 25.3. The zero-order valence-electron chi connectivity index (χ0n) is 12.1. The number of aromatic nitrogens is 3. The Kier molecular flexibility index (Phi) is 3.86. The van der Waals surface area contributed by atoms with E-state index >= 15 is 0 Å².